The molecule has 0 amide bonds. The Morgan fingerprint density at radius 3 is 2.63 bits per heavy atom. The maximum atomic E-state index is 5.89. The third-order valence-corrected chi connectivity index (χ3v) is 5.37. The molecule has 110 valence electrons. The second kappa shape index (κ2) is 6.60. The van der Waals surface area contributed by atoms with E-state index in [4.69, 9.17) is 11.6 Å². The average molecular weight is 285 g/mol. The van der Waals surface area contributed by atoms with E-state index >= 15 is 0 Å². The summed E-state index contributed by atoms with van der Waals surface area (Å²) in [4.78, 5) is 2.72. The molecule has 2 rings (SSSR count). The van der Waals surface area contributed by atoms with Gasteiger partial charge in [-0.2, -0.15) is 0 Å². The van der Waals surface area contributed by atoms with E-state index < -0.39 is 0 Å². The van der Waals surface area contributed by atoms with E-state index in [1.807, 2.05) is 0 Å². The van der Waals surface area contributed by atoms with Crippen LogP contribution in [0, 0.1) is 5.92 Å². The van der Waals surface area contributed by atoms with E-state index in [0.29, 0.717) is 17.5 Å². The average Bonchev–Trinajstić information content (AvgIpc) is 2.42. The van der Waals surface area contributed by atoms with Crippen molar-refractivity contribution in [3.05, 3.63) is 11.1 Å². The van der Waals surface area contributed by atoms with E-state index in [1.165, 1.54) is 44.2 Å². The molecule has 2 fully saturated rings. The minimum absolute atomic E-state index is 0.394. The number of piperazine rings is 1. The molecule has 0 aromatic carbocycles. The molecule has 0 bridgehead atoms. The molecule has 19 heavy (non-hydrogen) atoms. The molecule has 0 aromatic rings. The lowest BCUT2D eigenvalue weighted by Crippen LogP contribution is -2.66. The fourth-order valence-electron chi connectivity index (χ4n) is 3.65. The van der Waals surface area contributed by atoms with Crippen molar-refractivity contribution in [2.24, 2.45) is 5.92 Å². The predicted molar refractivity (Wildman–Crippen MR) is 83.6 cm³/mol. The molecule has 1 N–H and O–H groups in total. The van der Waals surface area contributed by atoms with Crippen molar-refractivity contribution in [2.45, 2.75) is 64.5 Å². The molecule has 1 aliphatic carbocycles. The first kappa shape index (κ1) is 15.3. The second-order valence-corrected chi connectivity index (χ2v) is 7.07. The third-order valence-electron chi connectivity index (χ3n) is 5.00. The fourth-order valence-corrected chi connectivity index (χ4v) is 3.71. The van der Waals surface area contributed by atoms with E-state index in [2.05, 4.69) is 31.0 Å². The van der Waals surface area contributed by atoms with Gasteiger partial charge in [-0.15, -0.1) is 0 Å². The summed E-state index contributed by atoms with van der Waals surface area (Å²) in [6.45, 7) is 10.1. The quantitative estimate of drug-likeness (QED) is 0.849. The molecule has 1 heterocycles. The number of rotatable bonds is 3. The Morgan fingerprint density at radius 1 is 1.37 bits per heavy atom. The Bertz CT molecular complexity index is 319. The van der Waals surface area contributed by atoms with Crippen LogP contribution in [0.2, 0.25) is 0 Å². The minimum Gasteiger partial charge on any atom is -0.311 e. The summed E-state index contributed by atoms with van der Waals surface area (Å²) in [5.41, 5.74) is 3.43. The molecular formula is C16H29ClN2. The van der Waals surface area contributed by atoms with Gasteiger partial charge in [-0.05, 0) is 31.3 Å². The van der Waals surface area contributed by atoms with Gasteiger partial charge in [0.15, 0.2) is 0 Å². The summed E-state index contributed by atoms with van der Waals surface area (Å²) in [5, 5.41) is 3.81. The van der Waals surface area contributed by atoms with Gasteiger partial charge in [0.05, 0.1) is 0 Å². The summed E-state index contributed by atoms with van der Waals surface area (Å²) >= 11 is 5.89. The summed E-state index contributed by atoms with van der Waals surface area (Å²) in [5.74, 6) is 0.698. The monoisotopic (exact) mass is 284 g/mol. The van der Waals surface area contributed by atoms with Gasteiger partial charge in [-0.1, -0.05) is 44.7 Å². The maximum Gasteiger partial charge on any atom is 0.0338 e. The van der Waals surface area contributed by atoms with Gasteiger partial charge in [-0.3, -0.25) is 4.90 Å². The molecular weight excluding hydrogens is 256 g/mol. The van der Waals surface area contributed by atoms with Crippen LogP contribution in [-0.4, -0.2) is 36.1 Å². The van der Waals surface area contributed by atoms with Crippen LogP contribution < -0.4 is 5.32 Å². The fraction of sp³-hybridized carbons (Fsp3) is 0.875. The van der Waals surface area contributed by atoms with E-state index in [-0.39, 0.29) is 0 Å². The number of hydrogen-bond acceptors (Lipinski definition) is 2. The van der Waals surface area contributed by atoms with Crippen LogP contribution in [0.5, 0.6) is 0 Å². The standard InChI is InChI=1S/C16H29ClN2/c1-13(2)15-11-19(10-14(3)9-17)16(12-18-15)7-5-4-6-8-16/h9,13,15,18H,4-8,10-12H2,1-3H3. The van der Waals surface area contributed by atoms with Gasteiger partial charge < -0.3 is 5.32 Å². The van der Waals surface area contributed by atoms with Crippen molar-refractivity contribution in [3.63, 3.8) is 0 Å². The SMILES string of the molecule is CC(=CCl)CN1CC(C(C)C)NCC12CCCCC2. The first-order valence-electron chi connectivity index (χ1n) is 7.82. The molecule has 1 unspecified atom stereocenters. The highest BCUT2D eigenvalue weighted by atomic mass is 35.5. The van der Waals surface area contributed by atoms with Gasteiger partial charge >= 0.3 is 0 Å². The van der Waals surface area contributed by atoms with E-state index in [1.54, 1.807) is 5.54 Å². The highest BCUT2D eigenvalue weighted by Crippen LogP contribution is 2.36. The van der Waals surface area contributed by atoms with Crippen molar-refractivity contribution < 1.29 is 0 Å². The molecule has 1 saturated heterocycles. The first-order chi connectivity index (χ1) is 9.07. The molecule has 2 aliphatic rings. The Hall–Kier alpha value is -0.0500. The maximum absolute atomic E-state index is 5.89. The number of halogens is 1. The van der Waals surface area contributed by atoms with Crippen LogP contribution in [0.1, 0.15) is 52.9 Å². The lowest BCUT2D eigenvalue weighted by molar-refractivity contribution is 0.00934. The van der Waals surface area contributed by atoms with Crippen LogP contribution in [0.4, 0.5) is 0 Å². The molecule has 1 saturated carbocycles. The van der Waals surface area contributed by atoms with Crippen molar-refractivity contribution in [1.82, 2.24) is 10.2 Å². The van der Waals surface area contributed by atoms with E-state index in [0.717, 1.165) is 13.1 Å². The molecule has 0 aromatic heterocycles. The molecule has 3 heteroatoms. The second-order valence-electron chi connectivity index (χ2n) is 6.85. The van der Waals surface area contributed by atoms with Crippen LogP contribution in [0.15, 0.2) is 11.1 Å². The summed E-state index contributed by atoms with van der Waals surface area (Å²) in [6, 6.07) is 0.621. The number of nitrogens with one attached hydrogen (secondary N) is 1. The topological polar surface area (TPSA) is 15.3 Å². The number of nitrogens with zero attached hydrogens (tertiary/aromatic N) is 1. The zero-order valence-corrected chi connectivity index (χ0v) is 13.5. The number of hydrogen-bond donors (Lipinski definition) is 1. The van der Waals surface area contributed by atoms with Crippen LogP contribution in [-0.2, 0) is 0 Å². The van der Waals surface area contributed by atoms with Gasteiger partial charge in [0.2, 0.25) is 0 Å². The molecule has 1 spiro atoms. The molecule has 1 aliphatic heterocycles. The van der Waals surface area contributed by atoms with E-state index in [9.17, 15) is 0 Å². The van der Waals surface area contributed by atoms with Gasteiger partial charge in [-0.25, -0.2) is 0 Å². The highest BCUT2D eigenvalue weighted by molar-refractivity contribution is 6.25. The summed E-state index contributed by atoms with van der Waals surface area (Å²) < 4.78 is 0. The lowest BCUT2D eigenvalue weighted by Gasteiger charge is -2.53. The van der Waals surface area contributed by atoms with Gasteiger partial charge in [0.1, 0.15) is 0 Å². The minimum atomic E-state index is 0.394. The normalized spacial score (nSPS) is 29.1. The molecule has 2 nitrogen and oxygen atoms in total. The van der Waals surface area contributed by atoms with Gasteiger partial charge in [0.25, 0.3) is 0 Å². The lowest BCUT2D eigenvalue weighted by atomic mass is 9.77. The van der Waals surface area contributed by atoms with Gasteiger partial charge in [0, 0.05) is 36.8 Å². The van der Waals surface area contributed by atoms with Crippen LogP contribution in [0.3, 0.4) is 0 Å². The van der Waals surface area contributed by atoms with Crippen molar-refractivity contribution >= 4 is 11.6 Å². The Kier molecular flexibility index (Phi) is 5.33. The zero-order chi connectivity index (χ0) is 13.9. The highest BCUT2D eigenvalue weighted by Gasteiger charge is 2.42. The largest absolute Gasteiger partial charge is 0.311 e. The van der Waals surface area contributed by atoms with Crippen LogP contribution >= 0.6 is 11.6 Å². The molecule has 0 radical (unpaired) electrons. The Balaban J connectivity index is 2.12. The predicted octanol–water partition coefficient (Wildman–Crippen LogP) is 3.76. The van der Waals surface area contributed by atoms with Crippen molar-refractivity contribution in [3.8, 4) is 0 Å². The smallest absolute Gasteiger partial charge is 0.0338 e. The Labute approximate surface area is 123 Å². The summed E-state index contributed by atoms with van der Waals surface area (Å²) in [7, 11) is 0. The third kappa shape index (κ3) is 3.53. The van der Waals surface area contributed by atoms with Crippen LogP contribution in [0.25, 0.3) is 0 Å². The first-order valence-corrected chi connectivity index (χ1v) is 8.25. The van der Waals surface area contributed by atoms with Crippen molar-refractivity contribution in [1.29, 1.82) is 0 Å². The molecule has 1 atom stereocenters. The van der Waals surface area contributed by atoms with Crippen molar-refractivity contribution in [2.75, 3.05) is 19.6 Å². The Morgan fingerprint density at radius 2 is 2.05 bits per heavy atom. The summed E-state index contributed by atoms with van der Waals surface area (Å²) in [6.07, 6.45) is 6.87. The zero-order valence-electron chi connectivity index (χ0n) is 12.7.